The molecule has 5 nitrogen and oxygen atoms in total. The maximum atomic E-state index is 11.6. The molecule has 1 aromatic rings. The Morgan fingerprint density at radius 1 is 1.67 bits per heavy atom. The van der Waals surface area contributed by atoms with E-state index in [1.807, 2.05) is 20.2 Å². The number of carbonyl (C=O) groups is 1. The zero-order valence-electron chi connectivity index (χ0n) is 9.53. The molecule has 0 aliphatic carbocycles. The van der Waals surface area contributed by atoms with Crippen LogP contribution in [-0.4, -0.2) is 41.0 Å². The number of nitrogens with zero attached hydrogens (tertiary/aromatic N) is 3. The fraction of sp³-hybridized carbons (Fsp3) is 0.600. The normalized spacial score (nSPS) is 10.3. The van der Waals surface area contributed by atoms with Crippen LogP contribution in [0.15, 0.2) is 12.5 Å². The van der Waals surface area contributed by atoms with Gasteiger partial charge in [-0.3, -0.25) is 4.79 Å². The van der Waals surface area contributed by atoms with Gasteiger partial charge in [-0.05, 0) is 14.0 Å². The van der Waals surface area contributed by atoms with Gasteiger partial charge in [0.25, 0.3) is 0 Å². The molecule has 0 saturated carbocycles. The maximum absolute atomic E-state index is 11.6. The highest BCUT2D eigenvalue weighted by Crippen LogP contribution is 1.97. The maximum Gasteiger partial charge on any atom is 0.242 e. The fourth-order valence-corrected chi connectivity index (χ4v) is 1.22. The SMILES string of the molecule is CCN(C)C(=O)Cn1cnc(CNC)c1. The molecule has 0 spiro atoms. The van der Waals surface area contributed by atoms with Crippen LogP contribution in [0.5, 0.6) is 0 Å². The van der Waals surface area contributed by atoms with Crippen molar-refractivity contribution in [2.45, 2.75) is 20.0 Å². The van der Waals surface area contributed by atoms with Crippen molar-refractivity contribution in [3.63, 3.8) is 0 Å². The zero-order valence-corrected chi connectivity index (χ0v) is 9.53. The van der Waals surface area contributed by atoms with Gasteiger partial charge in [-0.2, -0.15) is 0 Å². The summed E-state index contributed by atoms with van der Waals surface area (Å²) in [5.74, 6) is 0.103. The lowest BCUT2D eigenvalue weighted by atomic mass is 10.4. The van der Waals surface area contributed by atoms with Crippen LogP contribution in [0.1, 0.15) is 12.6 Å². The van der Waals surface area contributed by atoms with Gasteiger partial charge in [0, 0.05) is 26.3 Å². The summed E-state index contributed by atoms with van der Waals surface area (Å²) in [5.41, 5.74) is 0.949. The van der Waals surface area contributed by atoms with E-state index in [9.17, 15) is 4.79 Å². The Kier molecular flexibility index (Phi) is 4.30. The van der Waals surface area contributed by atoms with Crippen molar-refractivity contribution in [3.05, 3.63) is 18.2 Å². The first-order valence-electron chi connectivity index (χ1n) is 5.06. The number of nitrogens with one attached hydrogen (secondary N) is 1. The van der Waals surface area contributed by atoms with Crippen LogP contribution in [0, 0.1) is 0 Å². The van der Waals surface area contributed by atoms with Gasteiger partial charge in [0.15, 0.2) is 0 Å². The summed E-state index contributed by atoms with van der Waals surface area (Å²) in [7, 11) is 3.67. The van der Waals surface area contributed by atoms with Crippen molar-refractivity contribution in [1.29, 1.82) is 0 Å². The molecule has 84 valence electrons. The lowest BCUT2D eigenvalue weighted by Gasteiger charge is -2.14. The van der Waals surface area contributed by atoms with Gasteiger partial charge >= 0.3 is 0 Å². The molecule has 0 bridgehead atoms. The Balaban J connectivity index is 2.53. The molecule has 1 N–H and O–H groups in total. The van der Waals surface area contributed by atoms with E-state index in [0.29, 0.717) is 6.54 Å². The second-order valence-corrected chi connectivity index (χ2v) is 3.48. The molecule has 1 heterocycles. The molecule has 1 aromatic heterocycles. The minimum absolute atomic E-state index is 0.103. The van der Waals surface area contributed by atoms with Crippen LogP contribution < -0.4 is 5.32 Å². The van der Waals surface area contributed by atoms with Crippen molar-refractivity contribution in [2.75, 3.05) is 20.6 Å². The van der Waals surface area contributed by atoms with Gasteiger partial charge < -0.3 is 14.8 Å². The van der Waals surface area contributed by atoms with Gasteiger partial charge in [0.1, 0.15) is 6.54 Å². The summed E-state index contributed by atoms with van der Waals surface area (Å²) in [5, 5.41) is 3.01. The van der Waals surface area contributed by atoms with Crippen molar-refractivity contribution >= 4 is 5.91 Å². The molecule has 0 fully saturated rings. The lowest BCUT2D eigenvalue weighted by Crippen LogP contribution is -2.29. The summed E-state index contributed by atoms with van der Waals surface area (Å²) in [6.07, 6.45) is 3.58. The largest absolute Gasteiger partial charge is 0.344 e. The highest BCUT2D eigenvalue weighted by atomic mass is 16.2. The first kappa shape index (κ1) is 11.7. The minimum Gasteiger partial charge on any atom is -0.344 e. The number of carbonyl (C=O) groups excluding carboxylic acids is 1. The summed E-state index contributed by atoms with van der Waals surface area (Å²) in [6, 6.07) is 0. The standard InChI is InChI=1S/C10H18N4O/c1-4-13(3)10(15)7-14-6-9(5-11-2)12-8-14/h6,8,11H,4-5,7H2,1-3H3. The van der Waals surface area contributed by atoms with E-state index >= 15 is 0 Å². The van der Waals surface area contributed by atoms with Gasteiger partial charge in [-0.1, -0.05) is 0 Å². The molecular weight excluding hydrogens is 192 g/mol. The van der Waals surface area contributed by atoms with Crippen molar-refractivity contribution in [2.24, 2.45) is 0 Å². The van der Waals surface area contributed by atoms with Crippen LogP contribution in [0.2, 0.25) is 0 Å². The third-order valence-electron chi connectivity index (χ3n) is 2.26. The third-order valence-corrected chi connectivity index (χ3v) is 2.26. The second kappa shape index (κ2) is 5.50. The van der Waals surface area contributed by atoms with Gasteiger partial charge in [-0.15, -0.1) is 0 Å². The molecule has 1 amide bonds. The molecule has 0 atom stereocenters. The Labute approximate surface area is 90.1 Å². The van der Waals surface area contributed by atoms with E-state index in [-0.39, 0.29) is 5.91 Å². The molecule has 0 aromatic carbocycles. The van der Waals surface area contributed by atoms with E-state index in [2.05, 4.69) is 10.3 Å². The predicted octanol–water partition coefficient (Wildman–Crippen LogP) is 0.0808. The van der Waals surface area contributed by atoms with Gasteiger partial charge in [-0.25, -0.2) is 4.98 Å². The molecule has 15 heavy (non-hydrogen) atoms. The van der Waals surface area contributed by atoms with Crippen molar-refractivity contribution < 1.29 is 4.79 Å². The van der Waals surface area contributed by atoms with Crippen LogP contribution in [-0.2, 0) is 17.9 Å². The predicted molar refractivity (Wildman–Crippen MR) is 58.3 cm³/mol. The highest BCUT2D eigenvalue weighted by Gasteiger charge is 2.07. The third kappa shape index (κ3) is 3.36. The van der Waals surface area contributed by atoms with Gasteiger partial charge in [0.05, 0.1) is 12.0 Å². The Morgan fingerprint density at radius 3 is 3.00 bits per heavy atom. The summed E-state index contributed by atoms with van der Waals surface area (Å²) in [6.45, 7) is 3.78. The minimum atomic E-state index is 0.103. The Morgan fingerprint density at radius 2 is 2.40 bits per heavy atom. The van der Waals surface area contributed by atoms with E-state index in [4.69, 9.17) is 0 Å². The molecule has 0 unspecified atom stereocenters. The Bertz CT molecular complexity index is 321. The number of hydrogen-bond donors (Lipinski definition) is 1. The second-order valence-electron chi connectivity index (χ2n) is 3.48. The van der Waals surface area contributed by atoms with E-state index < -0.39 is 0 Å². The van der Waals surface area contributed by atoms with Crippen LogP contribution in [0.4, 0.5) is 0 Å². The zero-order chi connectivity index (χ0) is 11.3. The van der Waals surface area contributed by atoms with E-state index in [0.717, 1.165) is 18.8 Å². The average molecular weight is 210 g/mol. The van der Waals surface area contributed by atoms with Crippen LogP contribution >= 0.6 is 0 Å². The summed E-state index contributed by atoms with van der Waals surface area (Å²) < 4.78 is 1.81. The smallest absolute Gasteiger partial charge is 0.242 e. The van der Waals surface area contributed by atoms with Gasteiger partial charge in [0.2, 0.25) is 5.91 Å². The molecule has 0 aliphatic heterocycles. The molecule has 0 saturated heterocycles. The first-order valence-corrected chi connectivity index (χ1v) is 5.06. The number of hydrogen-bond acceptors (Lipinski definition) is 3. The highest BCUT2D eigenvalue weighted by molar-refractivity contribution is 5.75. The molecule has 0 aliphatic rings. The van der Waals surface area contributed by atoms with Crippen LogP contribution in [0.25, 0.3) is 0 Å². The Hall–Kier alpha value is -1.36. The topological polar surface area (TPSA) is 50.2 Å². The first-order chi connectivity index (χ1) is 7.17. The monoisotopic (exact) mass is 210 g/mol. The number of rotatable bonds is 5. The molecule has 5 heteroatoms. The molecular formula is C10H18N4O. The van der Waals surface area contributed by atoms with Crippen LogP contribution in [0.3, 0.4) is 0 Å². The number of amides is 1. The van der Waals surface area contributed by atoms with Crippen molar-refractivity contribution in [1.82, 2.24) is 19.8 Å². The molecule has 0 radical (unpaired) electrons. The number of aromatic nitrogens is 2. The van der Waals surface area contributed by atoms with E-state index in [1.54, 1.807) is 22.8 Å². The average Bonchev–Trinajstić information content (AvgIpc) is 2.65. The summed E-state index contributed by atoms with van der Waals surface area (Å²) >= 11 is 0. The molecule has 1 rings (SSSR count). The number of likely N-dealkylation sites (N-methyl/N-ethyl adjacent to an activating group) is 1. The van der Waals surface area contributed by atoms with Crippen molar-refractivity contribution in [3.8, 4) is 0 Å². The number of imidazole rings is 1. The fourth-order valence-electron chi connectivity index (χ4n) is 1.22. The summed E-state index contributed by atoms with van der Waals surface area (Å²) in [4.78, 5) is 17.4. The quantitative estimate of drug-likeness (QED) is 0.749. The lowest BCUT2D eigenvalue weighted by molar-refractivity contribution is -0.130. The van der Waals surface area contributed by atoms with E-state index in [1.165, 1.54) is 0 Å².